The first-order chi connectivity index (χ1) is 12.3. The van der Waals surface area contributed by atoms with Crippen molar-refractivity contribution in [2.45, 2.75) is 6.92 Å². The second-order valence-corrected chi connectivity index (χ2v) is 6.64. The summed E-state index contributed by atoms with van der Waals surface area (Å²) in [6.45, 7) is 2.03. The molecular weight excluding hydrogens is 326 g/mol. The number of thiazole rings is 1. The van der Waals surface area contributed by atoms with Crippen LogP contribution in [0.3, 0.4) is 0 Å². The smallest absolute Gasteiger partial charge is 0.134 e. The topological polar surface area (TPSA) is 52.5 Å². The predicted molar refractivity (Wildman–Crippen MR) is 104 cm³/mol. The van der Waals surface area contributed by atoms with E-state index in [2.05, 4.69) is 22.1 Å². The Kier molecular flexibility index (Phi) is 3.93. The largest absolute Gasteiger partial charge is 0.358 e. The van der Waals surface area contributed by atoms with Crippen molar-refractivity contribution in [3.05, 3.63) is 76.2 Å². The van der Waals surface area contributed by atoms with E-state index in [1.54, 1.807) is 0 Å². The Hall–Kier alpha value is -3.16. The van der Waals surface area contributed by atoms with E-state index in [1.165, 1.54) is 11.3 Å². The summed E-state index contributed by atoms with van der Waals surface area (Å²) in [7, 11) is 0. The molecule has 2 aromatic heterocycles. The number of hydrogen-bond acceptors (Lipinski definition) is 3. The van der Waals surface area contributed by atoms with Crippen LogP contribution in [0.15, 0.2) is 60.0 Å². The van der Waals surface area contributed by atoms with Crippen LogP contribution in [0, 0.1) is 18.3 Å². The number of aryl methyl sites for hydroxylation is 1. The molecule has 0 saturated heterocycles. The van der Waals surface area contributed by atoms with Gasteiger partial charge in [0, 0.05) is 33.1 Å². The predicted octanol–water partition coefficient (Wildman–Crippen LogP) is 5.66. The quantitative estimate of drug-likeness (QED) is 0.489. The molecule has 0 fully saturated rings. The monoisotopic (exact) mass is 341 g/mol. The third kappa shape index (κ3) is 2.86. The van der Waals surface area contributed by atoms with Crippen LogP contribution in [-0.4, -0.2) is 9.97 Å². The van der Waals surface area contributed by atoms with E-state index in [0.29, 0.717) is 5.57 Å². The molecule has 4 rings (SSSR count). The molecule has 120 valence electrons. The maximum atomic E-state index is 9.66. The van der Waals surface area contributed by atoms with Gasteiger partial charge in [-0.3, -0.25) is 0 Å². The summed E-state index contributed by atoms with van der Waals surface area (Å²) >= 11 is 1.50. The Morgan fingerprint density at radius 1 is 1.12 bits per heavy atom. The summed E-state index contributed by atoms with van der Waals surface area (Å²) < 4.78 is 0. The highest BCUT2D eigenvalue weighted by Gasteiger charge is 2.12. The molecule has 0 saturated carbocycles. The molecule has 2 heterocycles. The minimum atomic E-state index is 0.583. The second kappa shape index (κ2) is 6.39. The number of allylic oxidation sites excluding steroid dienone is 1. The number of nitriles is 1. The average molecular weight is 341 g/mol. The van der Waals surface area contributed by atoms with Gasteiger partial charge in [-0.05, 0) is 19.1 Å². The van der Waals surface area contributed by atoms with Crippen molar-refractivity contribution < 1.29 is 0 Å². The van der Waals surface area contributed by atoms with Crippen molar-refractivity contribution in [3.8, 4) is 17.3 Å². The van der Waals surface area contributed by atoms with Gasteiger partial charge in [-0.2, -0.15) is 5.26 Å². The molecule has 0 radical (unpaired) electrons. The number of aromatic amines is 1. The molecule has 0 unspecified atom stereocenters. The van der Waals surface area contributed by atoms with E-state index in [-0.39, 0.29) is 0 Å². The number of para-hydroxylation sites is 1. The first kappa shape index (κ1) is 15.4. The maximum Gasteiger partial charge on any atom is 0.134 e. The van der Waals surface area contributed by atoms with Crippen molar-refractivity contribution in [1.29, 1.82) is 5.26 Å². The lowest BCUT2D eigenvalue weighted by Gasteiger charge is -1.97. The van der Waals surface area contributed by atoms with Crippen molar-refractivity contribution >= 4 is 33.9 Å². The molecule has 4 heteroatoms. The van der Waals surface area contributed by atoms with E-state index >= 15 is 0 Å². The zero-order chi connectivity index (χ0) is 17.2. The molecule has 1 N–H and O–H groups in total. The Balaban J connectivity index is 1.78. The summed E-state index contributed by atoms with van der Waals surface area (Å²) in [6, 6.07) is 20.5. The van der Waals surface area contributed by atoms with Crippen molar-refractivity contribution in [2.75, 3.05) is 0 Å². The molecule has 4 aromatic rings. The standard InChI is InChI=1S/C21H15N3S/c1-14-18(17-9-5-6-10-19(17)23-14)11-16(12-22)21-24-20(13-25-21)15-7-3-2-4-8-15/h2-11,13,23H,1H3/b16-11-. The normalized spacial score (nSPS) is 11.6. The molecule has 3 nitrogen and oxygen atoms in total. The third-order valence-corrected chi connectivity index (χ3v) is 5.03. The van der Waals surface area contributed by atoms with E-state index in [0.717, 1.165) is 38.4 Å². The fraction of sp³-hybridized carbons (Fsp3) is 0.0476. The van der Waals surface area contributed by atoms with Crippen molar-refractivity contribution in [1.82, 2.24) is 9.97 Å². The molecule has 25 heavy (non-hydrogen) atoms. The minimum absolute atomic E-state index is 0.583. The van der Waals surface area contributed by atoms with Gasteiger partial charge in [0.15, 0.2) is 0 Å². The SMILES string of the molecule is Cc1[nH]c2ccccc2c1/C=C(/C#N)c1nc(-c2ccccc2)cs1. The molecule has 0 bridgehead atoms. The van der Waals surface area contributed by atoms with Gasteiger partial charge in [-0.15, -0.1) is 11.3 Å². The van der Waals surface area contributed by atoms with E-state index in [1.807, 2.05) is 66.9 Å². The van der Waals surface area contributed by atoms with Crippen LogP contribution in [0.4, 0.5) is 0 Å². The lowest BCUT2D eigenvalue weighted by Crippen LogP contribution is -1.83. The van der Waals surface area contributed by atoms with Gasteiger partial charge < -0.3 is 4.98 Å². The van der Waals surface area contributed by atoms with Gasteiger partial charge in [0.1, 0.15) is 11.1 Å². The van der Waals surface area contributed by atoms with Crippen LogP contribution in [0.5, 0.6) is 0 Å². The van der Waals surface area contributed by atoms with Gasteiger partial charge in [-0.25, -0.2) is 4.98 Å². The van der Waals surface area contributed by atoms with Gasteiger partial charge in [0.25, 0.3) is 0 Å². The molecule has 0 spiro atoms. The van der Waals surface area contributed by atoms with Gasteiger partial charge in [0.2, 0.25) is 0 Å². The Labute approximate surface area is 149 Å². The first-order valence-corrected chi connectivity index (χ1v) is 8.84. The summed E-state index contributed by atoms with van der Waals surface area (Å²) in [5, 5.41) is 13.5. The zero-order valence-electron chi connectivity index (χ0n) is 13.7. The fourth-order valence-electron chi connectivity index (χ4n) is 2.91. The minimum Gasteiger partial charge on any atom is -0.358 e. The highest BCUT2D eigenvalue weighted by atomic mass is 32.1. The number of aromatic nitrogens is 2. The number of fused-ring (bicyclic) bond motifs is 1. The molecule has 2 aromatic carbocycles. The summed E-state index contributed by atoms with van der Waals surface area (Å²) in [5.41, 5.74) is 5.72. The van der Waals surface area contributed by atoms with Gasteiger partial charge in [0.05, 0.1) is 11.3 Å². The number of benzene rings is 2. The van der Waals surface area contributed by atoms with Crippen LogP contribution >= 0.6 is 11.3 Å². The van der Waals surface area contributed by atoms with Crippen LogP contribution < -0.4 is 0 Å². The molecular formula is C21H15N3S. The molecule has 0 atom stereocenters. The van der Waals surface area contributed by atoms with Crippen molar-refractivity contribution in [2.24, 2.45) is 0 Å². The highest BCUT2D eigenvalue weighted by Crippen LogP contribution is 2.30. The third-order valence-electron chi connectivity index (χ3n) is 4.16. The summed E-state index contributed by atoms with van der Waals surface area (Å²) in [5.74, 6) is 0. The second-order valence-electron chi connectivity index (χ2n) is 5.78. The molecule has 0 amide bonds. The fourth-order valence-corrected chi connectivity index (χ4v) is 3.70. The number of hydrogen-bond donors (Lipinski definition) is 1. The van der Waals surface area contributed by atoms with E-state index in [9.17, 15) is 5.26 Å². The Morgan fingerprint density at radius 3 is 2.68 bits per heavy atom. The zero-order valence-corrected chi connectivity index (χ0v) is 14.5. The first-order valence-electron chi connectivity index (χ1n) is 7.96. The van der Waals surface area contributed by atoms with E-state index in [4.69, 9.17) is 0 Å². The number of nitrogens with zero attached hydrogens (tertiary/aromatic N) is 2. The number of H-pyrrole nitrogens is 1. The number of rotatable bonds is 3. The van der Waals surface area contributed by atoms with Crippen molar-refractivity contribution in [3.63, 3.8) is 0 Å². The van der Waals surface area contributed by atoms with Crippen LogP contribution in [0.25, 0.3) is 33.8 Å². The van der Waals surface area contributed by atoms with Crippen LogP contribution in [0.1, 0.15) is 16.3 Å². The Bertz CT molecular complexity index is 1110. The highest BCUT2D eigenvalue weighted by molar-refractivity contribution is 7.11. The Morgan fingerprint density at radius 2 is 1.88 bits per heavy atom. The lowest BCUT2D eigenvalue weighted by atomic mass is 10.1. The lowest BCUT2D eigenvalue weighted by molar-refractivity contribution is 1.29. The molecule has 0 aliphatic heterocycles. The van der Waals surface area contributed by atoms with Gasteiger partial charge >= 0.3 is 0 Å². The molecule has 0 aliphatic carbocycles. The average Bonchev–Trinajstić information content (AvgIpc) is 3.25. The van der Waals surface area contributed by atoms with E-state index < -0.39 is 0 Å². The molecule has 0 aliphatic rings. The maximum absolute atomic E-state index is 9.66. The van der Waals surface area contributed by atoms with Crippen LogP contribution in [0.2, 0.25) is 0 Å². The van der Waals surface area contributed by atoms with Crippen LogP contribution in [-0.2, 0) is 0 Å². The summed E-state index contributed by atoms with van der Waals surface area (Å²) in [4.78, 5) is 8.03. The number of nitrogens with one attached hydrogen (secondary N) is 1. The van der Waals surface area contributed by atoms with Gasteiger partial charge in [-0.1, -0.05) is 48.5 Å². The summed E-state index contributed by atoms with van der Waals surface area (Å²) in [6.07, 6.45) is 1.93.